The highest BCUT2D eigenvalue weighted by molar-refractivity contribution is 7.91. The fourth-order valence-electron chi connectivity index (χ4n) is 6.47. The molecule has 7 nitrogen and oxygen atoms in total. The van der Waals surface area contributed by atoms with E-state index in [1.54, 1.807) is 78.9 Å². The predicted molar refractivity (Wildman–Crippen MR) is 174 cm³/mol. The molecule has 0 amide bonds. The zero-order valence-electron chi connectivity index (χ0n) is 25.4. The van der Waals surface area contributed by atoms with E-state index >= 15 is 0 Å². The monoisotopic (exact) mass is 645 g/mol. The molecule has 0 aliphatic heterocycles. The molecule has 2 aliphatic rings. The highest BCUT2D eigenvalue weighted by Crippen LogP contribution is 2.36. The van der Waals surface area contributed by atoms with Crippen molar-refractivity contribution in [2.45, 2.75) is 76.4 Å². The summed E-state index contributed by atoms with van der Waals surface area (Å²) in [5, 5.41) is 12.3. The second kappa shape index (κ2) is 14.1. The van der Waals surface area contributed by atoms with Crippen LogP contribution in [0.2, 0.25) is 0 Å². The molecule has 236 valence electrons. The fraction of sp³-hybridized carbons (Fsp3) is 0.306. The minimum Gasteiger partial charge on any atom is -0.481 e. The maximum Gasteiger partial charge on any atom is 0.303 e. The minimum absolute atomic E-state index is 0.0234. The van der Waals surface area contributed by atoms with Gasteiger partial charge in [0.25, 0.3) is 0 Å². The van der Waals surface area contributed by atoms with Crippen LogP contribution in [0.15, 0.2) is 117 Å². The van der Waals surface area contributed by atoms with E-state index in [2.05, 4.69) is 5.32 Å². The number of aliphatic carboxylic acids is 1. The number of hydrogen-bond donors (Lipinski definition) is 2. The Morgan fingerprint density at radius 3 is 1.56 bits per heavy atom. The van der Waals surface area contributed by atoms with Crippen molar-refractivity contribution in [2.75, 3.05) is 13.6 Å². The number of carboxylic acids is 1. The van der Waals surface area contributed by atoms with Crippen molar-refractivity contribution in [1.82, 2.24) is 5.32 Å². The van der Waals surface area contributed by atoms with Gasteiger partial charge in [0, 0.05) is 6.54 Å². The van der Waals surface area contributed by atoms with Gasteiger partial charge < -0.3 is 10.4 Å². The molecule has 9 heteroatoms. The second-order valence-corrected chi connectivity index (χ2v) is 15.6. The summed E-state index contributed by atoms with van der Waals surface area (Å²) in [6.45, 7) is 0.942. The Morgan fingerprint density at radius 1 is 0.667 bits per heavy atom. The third kappa shape index (κ3) is 7.38. The number of rotatable bonds is 8. The molecule has 45 heavy (non-hydrogen) atoms. The van der Waals surface area contributed by atoms with Gasteiger partial charge in [-0.2, -0.15) is 0 Å². The van der Waals surface area contributed by atoms with Gasteiger partial charge >= 0.3 is 5.97 Å². The van der Waals surface area contributed by atoms with Gasteiger partial charge in [0.2, 0.25) is 19.7 Å². The van der Waals surface area contributed by atoms with Crippen LogP contribution in [0, 0.1) is 0 Å². The topological polar surface area (TPSA) is 118 Å². The van der Waals surface area contributed by atoms with Crippen molar-refractivity contribution in [3.63, 3.8) is 0 Å². The molecule has 0 aromatic heterocycles. The third-order valence-corrected chi connectivity index (χ3v) is 12.2. The van der Waals surface area contributed by atoms with Crippen LogP contribution in [0.1, 0.15) is 66.2 Å². The number of likely N-dealkylation sites (N-methyl/N-ethyl adjacent to an activating group) is 1. The molecule has 0 radical (unpaired) electrons. The quantitative estimate of drug-likeness (QED) is 0.223. The molecule has 0 saturated carbocycles. The number of hydrogen-bond acceptors (Lipinski definition) is 6. The first-order valence-corrected chi connectivity index (χ1v) is 18.3. The lowest BCUT2D eigenvalue weighted by Crippen LogP contribution is -2.21. The summed E-state index contributed by atoms with van der Waals surface area (Å²) in [6.07, 6.45) is 5.87. The maximum atomic E-state index is 12.7. The molecule has 0 heterocycles. The molecule has 6 rings (SSSR count). The number of carboxylic acid groups (broad SMARTS) is 1. The van der Waals surface area contributed by atoms with Crippen molar-refractivity contribution in [1.29, 1.82) is 0 Å². The van der Waals surface area contributed by atoms with Crippen LogP contribution in [0.3, 0.4) is 0 Å². The van der Waals surface area contributed by atoms with Crippen LogP contribution >= 0.6 is 0 Å². The molecule has 2 aliphatic carbocycles. The molecule has 2 atom stereocenters. The largest absolute Gasteiger partial charge is 0.481 e. The van der Waals surface area contributed by atoms with Crippen LogP contribution in [-0.2, 0) is 37.3 Å². The van der Waals surface area contributed by atoms with E-state index in [4.69, 9.17) is 5.11 Å². The lowest BCUT2D eigenvalue weighted by atomic mass is 9.81. The summed E-state index contributed by atoms with van der Waals surface area (Å²) in [7, 11) is -4.99. The highest BCUT2D eigenvalue weighted by Gasteiger charge is 2.26. The van der Waals surface area contributed by atoms with Gasteiger partial charge in [0.15, 0.2) is 0 Å². The van der Waals surface area contributed by atoms with Gasteiger partial charge in [0.05, 0.1) is 26.0 Å². The van der Waals surface area contributed by atoms with Crippen molar-refractivity contribution in [3.05, 3.63) is 119 Å². The number of benzene rings is 4. The Bertz CT molecular complexity index is 1860. The number of fused-ring (bicyclic) bond motifs is 2. The molecule has 4 aromatic carbocycles. The highest BCUT2D eigenvalue weighted by atomic mass is 32.2. The number of nitrogens with one attached hydrogen (secondary N) is 1. The molecule has 0 fully saturated rings. The molecular formula is C36H39NO6S2. The third-order valence-electron chi connectivity index (χ3n) is 8.71. The molecule has 1 unspecified atom stereocenters. The fourth-order valence-corrected chi connectivity index (χ4v) is 9.13. The van der Waals surface area contributed by atoms with Gasteiger partial charge in [-0.25, -0.2) is 16.8 Å². The molecule has 0 bridgehead atoms. The van der Waals surface area contributed by atoms with Crippen molar-refractivity contribution in [2.24, 2.45) is 0 Å². The first-order valence-electron chi connectivity index (χ1n) is 15.3. The number of aryl methyl sites for hydroxylation is 2. The molecule has 4 aromatic rings. The van der Waals surface area contributed by atoms with Crippen LogP contribution in [-0.4, -0.2) is 41.5 Å². The standard InChI is InChI=1S/C18H21NO2S.C18H18O4S/c1-19-13-15-7-5-6-14-12-17(10-11-18(14)15)22(20,21)16-8-3-2-4-9-16;19-18(20)12-14-6-4-5-13-11-16(9-10-17(13)14)23(21,22)15-7-2-1-3-8-15/h2-4,8-12,15,19H,5-7,13H2,1H3;1-3,7-11,14H,4-6,12H2,(H,19,20)/t15-;/m0./s1. The molecular weight excluding hydrogens is 607 g/mol. The number of carbonyl (C=O) groups is 1. The molecule has 2 N–H and O–H groups in total. The maximum absolute atomic E-state index is 12.7. The second-order valence-electron chi connectivity index (χ2n) is 11.7. The summed E-state index contributed by atoms with van der Waals surface area (Å²) in [5.41, 5.74) is 4.42. The Balaban J connectivity index is 0.000000178. The first kappa shape index (κ1) is 32.6. The van der Waals surface area contributed by atoms with E-state index in [1.165, 1.54) is 17.5 Å². The zero-order chi connectivity index (χ0) is 32.0. The van der Waals surface area contributed by atoms with Crippen molar-refractivity contribution in [3.8, 4) is 0 Å². The van der Waals surface area contributed by atoms with E-state index in [9.17, 15) is 21.6 Å². The van der Waals surface area contributed by atoms with E-state index in [0.29, 0.717) is 15.7 Å². The van der Waals surface area contributed by atoms with Gasteiger partial charge in [-0.3, -0.25) is 4.79 Å². The van der Waals surface area contributed by atoms with Crippen LogP contribution in [0.25, 0.3) is 0 Å². The average Bonchev–Trinajstić information content (AvgIpc) is 3.05. The summed E-state index contributed by atoms with van der Waals surface area (Å²) in [6, 6.07) is 27.7. The zero-order valence-corrected chi connectivity index (χ0v) is 27.0. The van der Waals surface area contributed by atoms with E-state index in [0.717, 1.165) is 49.8 Å². The van der Waals surface area contributed by atoms with Gasteiger partial charge in [0.1, 0.15) is 0 Å². The van der Waals surface area contributed by atoms with E-state index < -0.39 is 25.6 Å². The molecule has 0 saturated heterocycles. The number of sulfone groups is 2. The van der Waals surface area contributed by atoms with E-state index in [-0.39, 0.29) is 22.1 Å². The summed E-state index contributed by atoms with van der Waals surface area (Å²) in [5.74, 6) is -0.351. The normalized spacial score (nSPS) is 17.7. The Labute approximate surface area is 266 Å². The average molecular weight is 646 g/mol. The summed E-state index contributed by atoms with van der Waals surface area (Å²) >= 11 is 0. The SMILES string of the molecule is CNC[C@@H]1CCCc2cc(S(=O)(=O)c3ccccc3)ccc21.O=C(O)CC1CCCc2cc(S(=O)(=O)c3ccccc3)ccc21. The first-order chi connectivity index (χ1) is 21.6. The summed E-state index contributed by atoms with van der Waals surface area (Å²) in [4.78, 5) is 12.3. The van der Waals surface area contributed by atoms with Crippen LogP contribution < -0.4 is 5.32 Å². The molecule has 0 spiro atoms. The Kier molecular flexibility index (Phi) is 10.2. The lowest BCUT2D eigenvalue weighted by molar-refractivity contribution is -0.137. The Morgan fingerprint density at radius 2 is 1.11 bits per heavy atom. The minimum atomic E-state index is -3.53. The Hall–Kier alpha value is -3.79. The summed E-state index contributed by atoms with van der Waals surface area (Å²) < 4.78 is 50.8. The van der Waals surface area contributed by atoms with Crippen molar-refractivity contribution >= 4 is 25.6 Å². The van der Waals surface area contributed by atoms with E-state index in [1.807, 2.05) is 25.2 Å². The van der Waals surface area contributed by atoms with Gasteiger partial charge in [-0.15, -0.1) is 0 Å². The van der Waals surface area contributed by atoms with Gasteiger partial charge in [-0.05, 0) is 128 Å². The van der Waals surface area contributed by atoms with Crippen molar-refractivity contribution < 1.29 is 26.7 Å². The predicted octanol–water partition coefficient (Wildman–Crippen LogP) is 6.57. The smallest absolute Gasteiger partial charge is 0.303 e. The van der Waals surface area contributed by atoms with Gasteiger partial charge in [-0.1, -0.05) is 48.5 Å². The van der Waals surface area contributed by atoms with Crippen LogP contribution in [0.5, 0.6) is 0 Å². The van der Waals surface area contributed by atoms with Crippen LogP contribution in [0.4, 0.5) is 0 Å². The lowest BCUT2D eigenvalue weighted by Gasteiger charge is -2.25.